The molecule has 0 amide bonds. The molecule has 0 unspecified atom stereocenters. The Morgan fingerprint density at radius 3 is 2.70 bits per heavy atom. The van der Waals surface area contributed by atoms with Crippen molar-refractivity contribution in [3.05, 3.63) is 70.9 Å². The summed E-state index contributed by atoms with van der Waals surface area (Å²) in [7, 11) is 1.74. The van der Waals surface area contributed by atoms with Gasteiger partial charge in [0, 0.05) is 25.5 Å². The fourth-order valence-electron chi connectivity index (χ4n) is 2.93. The van der Waals surface area contributed by atoms with E-state index in [4.69, 9.17) is 0 Å². The van der Waals surface area contributed by atoms with Crippen LogP contribution in [-0.2, 0) is 13.0 Å². The molecular formula is C20H25FIN5. The van der Waals surface area contributed by atoms with Crippen molar-refractivity contribution in [2.75, 3.05) is 13.6 Å². The smallest absolute Gasteiger partial charge is 0.191 e. The van der Waals surface area contributed by atoms with Gasteiger partial charge < -0.3 is 15.0 Å². The number of imidazole rings is 1. The Morgan fingerprint density at radius 1 is 1.19 bits per heavy atom. The summed E-state index contributed by atoms with van der Waals surface area (Å²) in [5.41, 5.74) is 5.14. The third-order valence-electron chi connectivity index (χ3n) is 4.40. The van der Waals surface area contributed by atoms with Gasteiger partial charge in [0.1, 0.15) is 11.5 Å². The van der Waals surface area contributed by atoms with E-state index in [1.54, 1.807) is 13.1 Å². The van der Waals surface area contributed by atoms with Crippen LogP contribution in [0, 0.1) is 19.7 Å². The van der Waals surface area contributed by atoms with Crippen molar-refractivity contribution in [3.8, 4) is 0 Å². The number of fused-ring (bicyclic) bond motifs is 1. The van der Waals surface area contributed by atoms with Gasteiger partial charge in [-0.15, -0.1) is 24.0 Å². The lowest BCUT2D eigenvalue weighted by molar-refractivity contribution is 0.625. The zero-order valence-corrected chi connectivity index (χ0v) is 18.1. The van der Waals surface area contributed by atoms with Gasteiger partial charge >= 0.3 is 0 Å². The molecule has 0 radical (unpaired) electrons. The third kappa shape index (κ3) is 5.41. The summed E-state index contributed by atoms with van der Waals surface area (Å²) in [6.45, 7) is 5.30. The second kappa shape index (κ2) is 9.68. The molecule has 0 spiro atoms. The number of aliphatic imine (C=N–C) groups is 1. The summed E-state index contributed by atoms with van der Waals surface area (Å²) in [6, 6.07) is 11.0. The van der Waals surface area contributed by atoms with E-state index in [-0.39, 0.29) is 29.8 Å². The molecule has 2 N–H and O–H groups in total. The Bertz CT molecular complexity index is 935. The number of hydrogen-bond acceptors (Lipinski definition) is 2. The molecule has 7 heteroatoms. The lowest BCUT2D eigenvalue weighted by atomic mass is 10.1. The maximum atomic E-state index is 13.2. The minimum Gasteiger partial charge on any atom is -0.356 e. The van der Waals surface area contributed by atoms with Crippen molar-refractivity contribution in [3.63, 3.8) is 0 Å². The molecule has 0 aliphatic carbocycles. The van der Waals surface area contributed by atoms with E-state index in [0.717, 1.165) is 47.1 Å². The molecule has 0 aliphatic rings. The van der Waals surface area contributed by atoms with Gasteiger partial charge in [0.05, 0.1) is 12.2 Å². The van der Waals surface area contributed by atoms with Crippen LogP contribution in [0.2, 0.25) is 0 Å². The van der Waals surface area contributed by atoms with Crippen LogP contribution in [0.15, 0.2) is 47.6 Å². The minimum absolute atomic E-state index is 0. The Labute approximate surface area is 176 Å². The van der Waals surface area contributed by atoms with Crippen LogP contribution in [0.25, 0.3) is 5.65 Å². The monoisotopic (exact) mass is 481 g/mol. The van der Waals surface area contributed by atoms with Crippen LogP contribution in [0.1, 0.15) is 22.5 Å². The number of rotatable bonds is 5. The molecule has 0 aliphatic heterocycles. The number of aryl methyl sites for hydroxylation is 2. The van der Waals surface area contributed by atoms with Crippen LogP contribution < -0.4 is 10.6 Å². The van der Waals surface area contributed by atoms with Gasteiger partial charge in [-0.25, -0.2) is 9.37 Å². The normalized spacial score (nSPS) is 11.3. The summed E-state index contributed by atoms with van der Waals surface area (Å²) >= 11 is 0. The first-order valence-corrected chi connectivity index (χ1v) is 8.70. The van der Waals surface area contributed by atoms with Gasteiger partial charge in [-0.3, -0.25) is 4.99 Å². The standard InChI is InChI=1S/C20H24FN5.HI/c1-14-11-17(21)8-7-16(14)9-10-23-20(22-3)24-12-18-13-26-15(2)5-4-6-19(26)25-18;/h4-8,11,13H,9-10,12H2,1-3H3,(H2,22,23,24);1H. The summed E-state index contributed by atoms with van der Waals surface area (Å²) in [5, 5.41) is 6.56. The maximum absolute atomic E-state index is 13.2. The first-order valence-electron chi connectivity index (χ1n) is 8.70. The lowest BCUT2D eigenvalue weighted by Crippen LogP contribution is -2.38. The third-order valence-corrected chi connectivity index (χ3v) is 4.40. The van der Waals surface area contributed by atoms with Crippen LogP contribution in [0.3, 0.4) is 0 Å². The van der Waals surface area contributed by atoms with E-state index < -0.39 is 0 Å². The predicted octanol–water partition coefficient (Wildman–Crippen LogP) is 3.62. The van der Waals surface area contributed by atoms with Crippen molar-refractivity contribution in [1.29, 1.82) is 0 Å². The molecule has 3 rings (SSSR count). The first-order chi connectivity index (χ1) is 12.6. The molecule has 2 heterocycles. The van der Waals surface area contributed by atoms with E-state index in [0.29, 0.717) is 6.54 Å². The van der Waals surface area contributed by atoms with Gasteiger partial charge in [0.25, 0.3) is 0 Å². The van der Waals surface area contributed by atoms with Crippen LogP contribution in [-0.4, -0.2) is 28.9 Å². The molecule has 144 valence electrons. The average Bonchev–Trinajstić information content (AvgIpc) is 3.04. The number of benzene rings is 1. The van der Waals surface area contributed by atoms with Gasteiger partial charge in [0.2, 0.25) is 0 Å². The van der Waals surface area contributed by atoms with Gasteiger partial charge in [-0.2, -0.15) is 0 Å². The van der Waals surface area contributed by atoms with Crippen LogP contribution in [0.5, 0.6) is 0 Å². The highest BCUT2D eigenvalue weighted by atomic mass is 127. The van der Waals surface area contributed by atoms with Crippen molar-refractivity contribution in [2.45, 2.75) is 26.8 Å². The number of aromatic nitrogens is 2. The molecule has 0 saturated heterocycles. The molecule has 0 fully saturated rings. The first kappa shape index (κ1) is 21.1. The molecule has 0 atom stereocenters. The molecule has 0 bridgehead atoms. The van der Waals surface area contributed by atoms with Crippen molar-refractivity contribution >= 4 is 35.6 Å². The summed E-state index contributed by atoms with van der Waals surface area (Å²) < 4.78 is 15.2. The van der Waals surface area contributed by atoms with Gasteiger partial charge in [0.15, 0.2) is 5.96 Å². The summed E-state index contributed by atoms with van der Waals surface area (Å²) in [5.74, 6) is 0.526. The summed E-state index contributed by atoms with van der Waals surface area (Å²) in [4.78, 5) is 8.85. The Balaban J connectivity index is 0.00000261. The van der Waals surface area contributed by atoms with Crippen LogP contribution in [0.4, 0.5) is 4.39 Å². The number of pyridine rings is 1. The Morgan fingerprint density at radius 2 is 2.00 bits per heavy atom. The second-order valence-corrected chi connectivity index (χ2v) is 6.30. The quantitative estimate of drug-likeness (QED) is 0.333. The van der Waals surface area contributed by atoms with Crippen LogP contribution >= 0.6 is 24.0 Å². The van der Waals surface area contributed by atoms with Crippen molar-refractivity contribution < 1.29 is 4.39 Å². The van der Waals surface area contributed by atoms with E-state index >= 15 is 0 Å². The van der Waals surface area contributed by atoms with Crippen molar-refractivity contribution in [2.24, 2.45) is 4.99 Å². The number of nitrogens with zero attached hydrogens (tertiary/aromatic N) is 3. The fourth-order valence-corrected chi connectivity index (χ4v) is 2.93. The zero-order valence-electron chi connectivity index (χ0n) is 15.8. The highest BCUT2D eigenvalue weighted by molar-refractivity contribution is 14.0. The van der Waals surface area contributed by atoms with E-state index in [1.807, 2.05) is 31.3 Å². The lowest BCUT2D eigenvalue weighted by Gasteiger charge is -2.12. The molecule has 27 heavy (non-hydrogen) atoms. The summed E-state index contributed by atoms with van der Waals surface area (Å²) in [6.07, 6.45) is 2.84. The number of hydrogen-bond donors (Lipinski definition) is 2. The van der Waals surface area contributed by atoms with Crippen molar-refractivity contribution in [1.82, 2.24) is 20.0 Å². The topological polar surface area (TPSA) is 53.7 Å². The molecule has 1 aromatic carbocycles. The van der Waals surface area contributed by atoms with Gasteiger partial charge in [-0.05, 0) is 55.7 Å². The number of nitrogens with one attached hydrogen (secondary N) is 2. The number of halogens is 2. The molecule has 5 nitrogen and oxygen atoms in total. The zero-order chi connectivity index (χ0) is 18.5. The molecular weight excluding hydrogens is 456 g/mol. The second-order valence-electron chi connectivity index (χ2n) is 6.30. The van der Waals surface area contributed by atoms with E-state index in [1.165, 1.54) is 6.07 Å². The molecule has 3 aromatic rings. The van der Waals surface area contributed by atoms with E-state index in [2.05, 4.69) is 38.0 Å². The molecule has 2 aromatic heterocycles. The molecule has 0 saturated carbocycles. The largest absolute Gasteiger partial charge is 0.356 e. The maximum Gasteiger partial charge on any atom is 0.191 e. The highest BCUT2D eigenvalue weighted by Gasteiger charge is 2.05. The Kier molecular flexibility index (Phi) is 7.58. The highest BCUT2D eigenvalue weighted by Crippen LogP contribution is 2.10. The Hall–Kier alpha value is -2.16. The minimum atomic E-state index is -0.195. The van der Waals surface area contributed by atoms with Gasteiger partial charge in [-0.1, -0.05) is 12.1 Å². The predicted molar refractivity (Wildman–Crippen MR) is 118 cm³/mol. The average molecular weight is 481 g/mol. The number of guanidine groups is 1. The SMILES string of the molecule is CN=C(NCCc1ccc(F)cc1C)NCc1cn2c(C)cccc2n1.I. The fraction of sp³-hybridized carbons (Fsp3) is 0.300. The van der Waals surface area contributed by atoms with E-state index in [9.17, 15) is 4.39 Å².